The molecule has 2 N–H and O–H groups in total. The highest BCUT2D eigenvalue weighted by Gasteiger charge is 2.23. The maximum absolute atomic E-state index is 12.4. The number of hydrogen-bond acceptors (Lipinski definition) is 6. The van der Waals surface area contributed by atoms with E-state index in [1.165, 1.54) is 13.2 Å². The number of hydrogen-bond donors (Lipinski definition) is 1. The van der Waals surface area contributed by atoms with Gasteiger partial charge in [0.25, 0.3) is 5.91 Å². The fourth-order valence-corrected chi connectivity index (χ4v) is 2.29. The van der Waals surface area contributed by atoms with E-state index in [1.807, 2.05) is 0 Å². The van der Waals surface area contributed by atoms with Crippen molar-refractivity contribution in [1.82, 2.24) is 14.8 Å². The van der Waals surface area contributed by atoms with E-state index in [0.29, 0.717) is 19.6 Å². The summed E-state index contributed by atoms with van der Waals surface area (Å²) in [4.78, 5) is 31.9. The van der Waals surface area contributed by atoms with Gasteiger partial charge >= 0.3 is 5.97 Å². The van der Waals surface area contributed by atoms with Crippen LogP contribution in [0.5, 0.6) is 0 Å². The standard InChI is InChI=1S/C14H20N4O3/c1-21-14(20)12-4-2-3-11(16-12)13(19)18-9-7-17(6-5-15)8-10-18/h2-4H,5-10,15H2,1H3. The van der Waals surface area contributed by atoms with Crippen LogP contribution in [0.15, 0.2) is 18.2 Å². The lowest BCUT2D eigenvalue weighted by Gasteiger charge is -2.34. The van der Waals surface area contributed by atoms with Crippen molar-refractivity contribution in [2.75, 3.05) is 46.4 Å². The lowest BCUT2D eigenvalue weighted by atomic mass is 10.2. The number of carbonyl (C=O) groups excluding carboxylic acids is 2. The molecular formula is C14H20N4O3. The molecule has 0 aromatic carbocycles. The van der Waals surface area contributed by atoms with Gasteiger partial charge in [0.15, 0.2) is 0 Å². The third-order valence-corrected chi connectivity index (χ3v) is 3.47. The predicted octanol–water partition coefficient (Wildman–Crippen LogP) is -0.415. The molecule has 1 fully saturated rings. The number of esters is 1. The van der Waals surface area contributed by atoms with Crippen LogP contribution in [-0.4, -0.2) is 73.0 Å². The molecule has 0 saturated carbocycles. The molecule has 0 spiro atoms. The number of rotatable bonds is 4. The fraction of sp³-hybridized carbons (Fsp3) is 0.500. The van der Waals surface area contributed by atoms with Crippen LogP contribution in [0, 0.1) is 0 Å². The van der Waals surface area contributed by atoms with Crippen LogP contribution in [0.1, 0.15) is 21.0 Å². The average molecular weight is 292 g/mol. The number of amides is 1. The van der Waals surface area contributed by atoms with Crippen LogP contribution >= 0.6 is 0 Å². The van der Waals surface area contributed by atoms with E-state index >= 15 is 0 Å². The molecule has 7 nitrogen and oxygen atoms in total. The Morgan fingerprint density at radius 1 is 1.24 bits per heavy atom. The third kappa shape index (κ3) is 3.77. The number of piperazine rings is 1. The summed E-state index contributed by atoms with van der Waals surface area (Å²) >= 11 is 0. The normalized spacial score (nSPS) is 15.8. The van der Waals surface area contributed by atoms with Gasteiger partial charge in [-0.2, -0.15) is 0 Å². The van der Waals surface area contributed by atoms with Crippen LogP contribution < -0.4 is 5.73 Å². The van der Waals surface area contributed by atoms with E-state index in [-0.39, 0.29) is 17.3 Å². The maximum atomic E-state index is 12.4. The van der Waals surface area contributed by atoms with Crippen molar-refractivity contribution in [2.24, 2.45) is 5.73 Å². The zero-order chi connectivity index (χ0) is 15.2. The van der Waals surface area contributed by atoms with Gasteiger partial charge in [0.1, 0.15) is 11.4 Å². The maximum Gasteiger partial charge on any atom is 0.356 e. The zero-order valence-electron chi connectivity index (χ0n) is 12.1. The highest BCUT2D eigenvalue weighted by atomic mass is 16.5. The van der Waals surface area contributed by atoms with Gasteiger partial charge in [0.2, 0.25) is 0 Å². The summed E-state index contributed by atoms with van der Waals surface area (Å²) in [7, 11) is 1.29. The average Bonchev–Trinajstić information content (AvgIpc) is 2.54. The van der Waals surface area contributed by atoms with Crippen LogP contribution in [0.3, 0.4) is 0 Å². The van der Waals surface area contributed by atoms with Gasteiger partial charge in [0.05, 0.1) is 7.11 Å². The fourth-order valence-electron chi connectivity index (χ4n) is 2.29. The monoisotopic (exact) mass is 292 g/mol. The van der Waals surface area contributed by atoms with Crippen molar-refractivity contribution >= 4 is 11.9 Å². The molecule has 114 valence electrons. The number of nitrogens with zero attached hydrogens (tertiary/aromatic N) is 3. The second-order valence-corrected chi connectivity index (χ2v) is 4.82. The first-order valence-corrected chi connectivity index (χ1v) is 6.92. The summed E-state index contributed by atoms with van der Waals surface area (Å²) in [5, 5.41) is 0. The Bertz CT molecular complexity index is 513. The van der Waals surface area contributed by atoms with Gasteiger partial charge in [-0.15, -0.1) is 0 Å². The third-order valence-electron chi connectivity index (χ3n) is 3.47. The summed E-state index contributed by atoms with van der Waals surface area (Å²) in [5.74, 6) is -0.703. The molecule has 1 saturated heterocycles. The number of nitrogens with two attached hydrogens (primary N) is 1. The molecule has 7 heteroatoms. The van der Waals surface area contributed by atoms with Gasteiger partial charge in [-0.3, -0.25) is 9.69 Å². The first-order valence-electron chi connectivity index (χ1n) is 6.92. The van der Waals surface area contributed by atoms with Gasteiger partial charge in [0, 0.05) is 39.3 Å². The van der Waals surface area contributed by atoms with Crippen LogP contribution in [0.2, 0.25) is 0 Å². The molecule has 0 unspecified atom stereocenters. The summed E-state index contributed by atoms with van der Waals surface area (Å²) in [5.41, 5.74) is 5.94. The van der Waals surface area contributed by atoms with Gasteiger partial charge in [-0.1, -0.05) is 6.07 Å². The molecular weight excluding hydrogens is 272 g/mol. The first-order chi connectivity index (χ1) is 10.2. The lowest BCUT2D eigenvalue weighted by molar-refractivity contribution is 0.0592. The smallest absolute Gasteiger partial charge is 0.356 e. The molecule has 0 radical (unpaired) electrons. The summed E-state index contributed by atoms with van der Waals surface area (Å²) in [6.07, 6.45) is 0. The van der Waals surface area contributed by atoms with Gasteiger partial charge in [-0.05, 0) is 12.1 Å². The SMILES string of the molecule is COC(=O)c1cccc(C(=O)N2CCN(CCN)CC2)n1. The van der Waals surface area contributed by atoms with Crippen LogP contribution in [-0.2, 0) is 4.74 Å². The molecule has 1 aromatic rings. The van der Waals surface area contributed by atoms with E-state index in [0.717, 1.165) is 19.6 Å². The van der Waals surface area contributed by atoms with Crippen molar-refractivity contribution in [2.45, 2.75) is 0 Å². The molecule has 21 heavy (non-hydrogen) atoms. The van der Waals surface area contributed by atoms with Crippen molar-refractivity contribution in [3.05, 3.63) is 29.6 Å². The largest absolute Gasteiger partial charge is 0.464 e. The Morgan fingerprint density at radius 2 is 1.90 bits per heavy atom. The zero-order valence-corrected chi connectivity index (χ0v) is 12.1. The van der Waals surface area contributed by atoms with Crippen LogP contribution in [0.25, 0.3) is 0 Å². The molecule has 0 atom stereocenters. The Morgan fingerprint density at radius 3 is 2.52 bits per heavy atom. The second-order valence-electron chi connectivity index (χ2n) is 4.82. The van der Waals surface area contributed by atoms with Gasteiger partial charge in [-0.25, -0.2) is 9.78 Å². The molecule has 1 aliphatic heterocycles. The number of ether oxygens (including phenoxy) is 1. The van der Waals surface area contributed by atoms with E-state index in [9.17, 15) is 9.59 Å². The highest BCUT2D eigenvalue weighted by molar-refractivity contribution is 5.94. The second kappa shape index (κ2) is 7.14. The molecule has 1 amide bonds. The topological polar surface area (TPSA) is 88.8 Å². The van der Waals surface area contributed by atoms with Crippen molar-refractivity contribution in [3.8, 4) is 0 Å². The summed E-state index contributed by atoms with van der Waals surface area (Å²) in [6, 6.07) is 4.78. The highest BCUT2D eigenvalue weighted by Crippen LogP contribution is 2.08. The van der Waals surface area contributed by atoms with Crippen molar-refractivity contribution in [1.29, 1.82) is 0 Å². The Kier molecular flexibility index (Phi) is 5.24. The number of aromatic nitrogens is 1. The molecule has 2 heterocycles. The van der Waals surface area contributed by atoms with Crippen molar-refractivity contribution in [3.63, 3.8) is 0 Å². The molecule has 0 aliphatic carbocycles. The quantitative estimate of drug-likeness (QED) is 0.759. The van der Waals surface area contributed by atoms with E-state index in [1.54, 1.807) is 17.0 Å². The van der Waals surface area contributed by atoms with Crippen LogP contribution in [0.4, 0.5) is 0 Å². The minimum absolute atomic E-state index is 0.144. The Hall–Kier alpha value is -1.99. The molecule has 1 aromatic heterocycles. The molecule has 1 aliphatic rings. The minimum Gasteiger partial charge on any atom is -0.464 e. The van der Waals surface area contributed by atoms with Crippen molar-refractivity contribution < 1.29 is 14.3 Å². The molecule has 2 rings (SSSR count). The van der Waals surface area contributed by atoms with E-state index in [2.05, 4.69) is 14.6 Å². The van der Waals surface area contributed by atoms with E-state index in [4.69, 9.17) is 5.73 Å². The first kappa shape index (κ1) is 15.4. The Balaban J connectivity index is 2.02. The van der Waals surface area contributed by atoms with Gasteiger partial charge < -0.3 is 15.4 Å². The molecule has 0 bridgehead atoms. The Labute approximate surface area is 123 Å². The lowest BCUT2D eigenvalue weighted by Crippen LogP contribution is -2.49. The number of pyridine rings is 1. The predicted molar refractivity (Wildman–Crippen MR) is 77.0 cm³/mol. The van der Waals surface area contributed by atoms with E-state index < -0.39 is 5.97 Å². The number of carbonyl (C=O) groups is 2. The number of methoxy groups -OCH3 is 1. The summed E-state index contributed by atoms with van der Waals surface area (Å²) in [6.45, 7) is 4.36. The summed E-state index contributed by atoms with van der Waals surface area (Å²) < 4.78 is 4.61. The minimum atomic E-state index is -0.544.